The van der Waals surface area contributed by atoms with E-state index >= 15 is 0 Å². The molecule has 0 bridgehead atoms. The van der Waals surface area contributed by atoms with Crippen LogP contribution in [0.15, 0.2) is 48.5 Å². The summed E-state index contributed by atoms with van der Waals surface area (Å²) in [7, 11) is 1.57. The molecule has 0 saturated carbocycles. The summed E-state index contributed by atoms with van der Waals surface area (Å²) in [6.07, 6.45) is -0.621. The van der Waals surface area contributed by atoms with Gasteiger partial charge in [0.25, 0.3) is 5.91 Å². The monoisotopic (exact) mass is 329 g/mol. The molecule has 0 radical (unpaired) electrons. The van der Waals surface area contributed by atoms with Gasteiger partial charge in [0.1, 0.15) is 5.75 Å². The van der Waals surface area contributed by atoms with E-state index in [2.05, 4.69) is 5.32 Å². The first kappa shape index (κ1) is 17.7. The van der Waals surface area contributed by atoms with E-state index in [9.17, 15) is 4.79 Å². The van der Waals surface area contributed by atoms with Crippen LogP contribution in [-0.4, -0.2) is 25.7 Å². The maximum atomic E-state index is 12.2. The summed E-state index contributed by atoms with van der Waals surface area (Å²) in [6.45, 7) is 4.72. The average molecular weight is 329 g/mol. The van der Waals surface area contributed by atoms with Crippen LogP contribution in [0.2, 0.25) is 0 Å². The van der Waals surface area contributed by atoms with Crippen LogP contribution in [0.3, 0.4) is 0 Å². The van der Waals surface area contributed by atoms with E-state index in [0.717, 1.165) is 11.3 Å². The minimum Gasteiger partial charge on any atom is -0.494 e. The Morgan fingerprint density at radius 1 is 1.08 bits per heavy atom. The van der Waals surface area contributed by atoms with Crippen molar-refractivity contribution in [1.82, 2.24) is 5.32 Å². The van der Waals surface area contributed by atoms with Crippen LogP contribution in [-0.2, 0) is 11.3 Å². The highest BCUT2D eigenvalue weighted by Crippen LogP contribution is 2.26. The molecule has 2 aromatic rings. The smallest absolute Gasteiger partial charge is 0.261 e. The SMILES string of the molecule is CCOc1ccc(CNC(=O)[C@H](C)Oc2ccccc2OC)cc1. The van der Waals surface area contributed by atoms with Gasteiger partial charge in [0.15, 0.2) is 17.6 Å². The quantitative estimate of drug-likeness (QED) is 0.808. The molecule has 0 aliphatic heterocycles. The second kappa shape index (κ2) is 8.82. The topological polar surface area (TPSA) is 56.8 Å². The maximum Gasteiger partial charge on any atom is 0.261 e. The van der Waals surface area contributed by atoms with Crippen LogP contribution in [0.5, 0.6) is 17.2 Å². The summed E-state index contributed by atoms with van der Waals surface area (Å²) in [6, 6.07) is 14.9. The number of hydrogen-bond acceptors (Lipinski definition) is 4. The van der Waals surface area contributed by atoms with Crippen LogP contribution in [0.25, 0.3) is 0 Å². The third-order valence-corrected chi connectivity index (χ3v) is 3.44. The lowest BCUT2D eigenvalue weighted by Crippen LogP contribution is -2.35. The second-order valence-electron chi connectivity index (χ2n) is 5.21. The highest BCUT2D eigenvalue weighted by Gasteiger charge is 2.16. The van der Waals surface area contributed by atoms with Crippen molar-refractivity contribution in [2.75, 3.05) is 13.7 Å². The summed E-state index contributed by atoms with van der Waals surface area (Å²) < 4.78 is 16.3. The van der Waals surface area contributed by atoms with Gasteiger partial charge in [-0.3, -0.25) is 4.79 Å². The first-order chi connectivity index (χ1) is 11.6. The Morgan fingerprint density at radius 3 is 2.38 bits per heavy atom. The van der Waals surface area contributed by atoms with Gasteiger partial charge in [-0.15, -0.1) is 0 Å². The molecule has 1 atom stereocenters. The van der Waals surface area contributed by atoms with Gasteiger partial charge in [0.2, 0.25) is 0 Å². The molecule has 0 aromatic heterocycles. The highest BCUT2D eigenvalue weighted by atomic mass is 16.5. The van der Waals surface area contributed by atoms with Crippen LogP contribution in [0.4, 0.5) is 0 Å². The summed E-state index contributed by atoms with van der Waals surface area (Å²) in [5, 5.41) is 2.86. The molecule has 24 heavy (non-hydrogen) atoms. The van der Waals surface area contributed by atoms with E-state index in [0.29, 0.717) is 24.7 Å². The number of ether oxygens (including phenoxy) is 3. The molecule has 0 aliphatic rings. The number of benzene rings is 2. The molecule has 5 heteroatoms. The largest absolute Gasteiger partial charge is 0.494 e. The molecular formula is C19H23NO4. The van der Waals surface area contributed by atoms with Gasteiger partial charge in [0.05, 0.1) is 13.7 Å². The minimum absolute atomic E-state index is 0.185. The van der Waals surface area contributed by atoms with Crippen molar-refractivity contribution in [1.29, 1.82) is 0 Å². The summed E-state index contributed by atoms with van der Waals surface area (Å²) in [5.41, 5.74) is 0.997. The molecule has 2 rings (SSSR count). The fraction of sp³-hybridized carbons (Fsp3) is 0.316. The van der Waals surface area contributed by atoms with E-state index < -0.39 is 6.10 Å². The minimum atomic E-state index is -0.621. The van der Waals surface area contributed by atoms with E-state index in [1.165, 1.54) is 0 Å². The van der Waals surface area contributed by atoms with E-state index in [4.69, 9.17) is 14.2 Å². The standard InChI is InChI=1S/C19H23NO4/c1-4-23-16-11-9-15(10-12-16)13-20-19(21)14(2)24-18-8-6-5-7-17(18)22-3/h5-12,14H,4,13H2,1-3H3,(H,20,21)/t14-/m0/s1. The molecule has 0 aliphatic carbocycles. The first-order valence-electron chi connectivity index (χ1n) is 7.93. The third kappa shape index (κ3) is 4.91. The molecule has 0 unspecified atom stereocenters. The Bertz CT molecular complexity index is 655. The molecule has 1 amide bonds. The third-order valence-electron chi connectivity index (χ3n) is 3.44. The van der Waals surface area contributed by atoms with Gasteiger partial charge < -0.3 is 19.5 Å². The maximum absolute atomic E-state index is 12.2. The molecule has 5 nitrogen and oxygen atoms in total. The zero-order valence-electron chi connectivity index (χ0n) is 14.2. The van der Waals surface area contributed by atoms with Gasteiger partial charge in [-0.25, -0.2) is 0 Å². The zero-order chi connectivity index (χ0) is 17.4. The lowest BCUT2D eigenvalue weighted by molar-refractivity contribution is -0.127. The number of para-hydroxylation sites is 2. The number of rotatable bonds is 8. The Hall–Kier alpha value is -2.69. The summed E-state index contributed by atoms with van der Waals surface area (Å²) in [4.78, 5) is 12.2. The summed E-state index contributed by atoms with van der Waals surface area (Å²) >= 11 is 0. The van der Waals surface area contributed by atoms with Crippen molar-refractivity contribution in [3.8, 4) is 17.2 Å². The van der Waals surface area contributed by atoms with Crippen LogP contribution in [0, 0.1) is 0 Å². The van der Waals surface area contributed by atoms with Gasteiger partial charge in [-0.1, -0.05) is 24.3 Å². The van der Waals surface area contributed by atoms with Crippen LogP contribution < -0.4 is 19.5 Å². The summed E-state index contributed by atoms with van der Waals surface area (Å²) in [5.74, 6) is 1.78. The van der Waals surface area contributed by atoms with E-state index in [-0.39, 0.29) is 5.91 Å². The normalized spacial score (nSPS) is 11.5. The Labute approximate surface area is 142 Å². The molecule has 2 aromatic carbocycles. The van der Waals surface area contributed by atoms with E-state index in [1.807, 2.05) is 43.3 Å². The lowest BCUT2D eigenvalue weighted by Gasteiger charge is -2.16. The average Bonchev–Trinajstić information content (AvgIpc) is 2.61. The zero-order valence-corrected chi connectivity index (χ0v) is 14.2. The molecule has 0 saturated heterocycles. The molecule has 0 heterocycles. The van der Waals surface area contributed by atoms with Crippen LogP contribution in [0.1, 0.15) is 19.4 Å². The van der Waals surface area contributed by atoms with Crippen molar-refractivity contribution in [2.45, 2.75) is 26.5 Å². The van der Waals surface area contributed by atoms with Gasteiger partial charge in [-0.2, -0.15) is 0 Å². The molecule has 1 N–H and O–H groups in total. The van der Waals surface area contributed by atoms with Gasteiger partial charge in [-0.05, 0) is 43.7 Å². The number of amides is 1. The molecule has 0 spiro atoms. The molecular weight excluding hydrogens is 306 g/mol. The number of carbonyl (C=O) groups is 1. The van der Waals surface area contributed by atoms with Gasteiger partial charge in [0, 0.05) is 6.54 Å². The second-order valence-corrected chi connectivity index (χ2v) is 5.21. The number of carbonyl (C=O) groups excluding carboxylic acids is 1. The van der Waals surface area contributed by atoms with Crippen LogP contribution >= 0.6 is 0 Å². The fourth-order valence-electron chi connectivity index (χ4n) is 2.16. The number of hydrogen-bond donors (Lipinski definition) is 1. The predicted molar refractivity (Wildman–Crippen MR) is 92.5 cm³/mol. The van der Waals surface area contributed by atoms with Gasteiger partial charge >= 0.3 is 0 Å². The number of nitrogens with one attached hydrogen (secondary N) is 1. The highest BCUT2D eigenvalue weighted by molar-refractivity contribution is 5.80. The Kier molecular flexibility index (Phi) is 6.49. The van der Waals surface area contributed by atoms with E-state index in [1.54, 1.807) is 26.2 Å². The van der Waals surface area contributed by atoms with Crippen molar-refractivity contribution < 1.29 is 19.0 Å². The molecule has 128 valence electrons. The first-order valence-corrected chi connectivity index (χ1v) is 7.93. The van der Waals surface area contributed by atoms with Crippen molar-refractivity contribution >= 4 is 5.91 Å². The molecule has 0 fully saturated rings. The van der Waals surface area contributed by atoms with Crippen molar-refractivity contribution in [2.24, 2.45) is 0 Å². The Balaban J connectivity index is 1.87. The van der Waals surface area contributed by atoms with Crippen molar-refractivity contribution in [3.63, 3.8) is 0 Å². The van der Waals surface area contributed by atoms with Crippen molar-refractivity contribution in [3.05, 3.63) is 54.1 Å². The Morgan fingerprint density at radius 2 is 1.75 bits per heavy atom. The number of methoxy groups -OCH3 is 1. The predicted octanol–water partition coefficient (Wildman–Crippen LogP) is 3.18. The lowest BCUT2D eigenvalue weighted by atomic mass is 10.2. The fourth-order valence-corrected chi connectivity index (χ4v) is 2.16.